The van der Waals surface area contributed by atoms with E-state index in [-0.39, 0.29) is 0 Å². The molecule has 0 aromatic heterocycles. The molecular formula is CH8N6O5. The van der Waals surface area contributed by atoms with Crippen LogP contribution in [0, 0.1) is 20.2 Å². The topological polar surface area (TPSA) is 207 Å². The molecule has 0 aliphatic carbocycles. The molecule has 0 bridgehead atoms. The number of hydrogen-bond acceptors (Lipinski definition) is 5. The summed E-state index contributed by atoms with van der Waals surface area (Å²) in [5.74, 6) is 7.67. The summed E-state index contributed by atoms with van der Waals surface area (Å²) in [6.07, 6.45) is 0. The Bertz CT molecular complexity index is 113. The highest BCUT2D eigenvalue weighted by Gasteiger charge is 1.60. The van der Waals surface area contributed by atoms with Gasteiger partial charge in [0.05, 0.1) is 0 Å². The standard InChI is InChI=1S/CH4N2O.2H2N2O2/c2-1(3)4;2*1-2(3)4/h(H4,2,3,4);2*1H2. The lowest BCUT2D eigenvalue weighted by Crippen LogP contribution is -2.18. The predicted molar refractivity (Wildman–Crippen MR) is 36.1 cm³/mol. The zero-order valence-electron chi connectivity index (χ0n) is 5.75. The maximum absolute atomic E-state index is 9.00. The van der Waals surface area contributed by atoms with Crippen LogP contribution in [0.1, 0.15) is 0 Å². The van der Waals surface area contributed by atoms with Gasteiger partial charge >= 0.3 is 6.03 Å². The van der Waals surface area contributed by atoms with E-state index >= 15 is 0 Å². The van der Waals surface area contributed by atoms with Crippen molar-refractivity contribution in [3.05, 3.63) is 20.2 Å². The van der Waals surface area contributed by atoms with Crippen molar-refractivity contribution in [3.8, 4) is 0 Å². The Morgan fingerprint density at radius 3 is 1.00 bits per heavy atom. The normalized spacial score (nSPS) is 6.00. The minimum atomic E-state index is -1.00. The molecule has 0 radical (unpaired) electrons. The minimum absolute atomic E-state index is 0.833. The number of urea groups is 1. The van der Waals surface area contributed by atoms with Gasteiger partial charge in [0.15, 0.2) is 10.1 Å². The first kappa shape index (κ1) is 16.3. The van der Waals surface area contributed by atoms with Gasteiger partial charge in [-0.1, -0.05) is 0 Å². The highest BCUT2D eigenvalue weighted by molar-refractivity contribution is 5.69. The average molecular weight is 184 g/mol. The largest absolute Gasteiger partial charge is 0.352 e. The minimum Gasteiger partial charge on any atom is -0.352 e. The number of nitrogens with two attached hydrogens (primary N) is 4. The lowest BCUT2D eigenvalue weighted by molar-refractivity contribution is -0.491. The fourth-order valence-electron chi connectivity index (χ4n) is 0. The Morgan fingerprint density at radius 1 is 1.00 bits per heavy atom. The number of nitro groups is 2. The maximum Gasteiger partial charge on any atom is 0.309 e. The van der Waals surface area contributed by atoms with Crippen molar-refractivity contribution in [2.45, 2.75) is 0 Å². The Morgan fingerprint density at radius 2 is 1.00 bits per heavy atom. The fourth-order valence-corrected chi connectivity index (χ4v) is 0. The first-order valence-corrected chi connectivity index (χ1v) is 2.03. The Hall–Kier alpha value is -2.33. The van der Waals surface area contributed by atoms with Gasteiger partial charge in [0.25, 0.3) is 0 Å². The summed E-state index contributed by atoms with van der Waals surface area (Å²) >= 11 is 0. The first-order valence-electron chi connectivity index (χ1n) is 2.03. The van der Waals surface area contributed by atoms with Gasteiger partial charge in [-0.2, -0.15) is 11.7 Å². The van der Waals surface area contributed by atoms with E-state index in [0.29, 0.717) is 0 Å². The molecule has 0 saturated heterocycles. The summed E-state index contributed by atoms with van der Waals surface area (Å²) in [7, 11) is 0. The van der Waals surface area contributed by atoms with Crippen LogP contribution in [-0.2, 0) is 0 Å². The van der Waals surface area contributed by atoms with E-state index in [2.05, 4.69) is 23.2 Å². The molecule has 72 valence electrons. The van der Waals surface area contributed by atoms with Gasteiger partial charge in [-0.3, -0.25) is 0 Å². The monoisotopic (exact) mass is 184 g/mol. The third-order valence-corrected chi connectivity index (χ3v) is 0. The van der Waals surface area contributed by atoms with E-state index in [1.807, 2.05) is 0 Å². The molecule has 0 fully saturated rings. The SMILES string of the molecule is NC(N)=O.N[N+](=O)[O-].N[N+](=O)[O-]. The van der Waals surface area contributed by atoms with E-state index in [0.717, 1.165) is 0 Å². The second kappa shape index (κ2) is 11.5. The predicted octanol–water partition coefficient (Wildman–Crippen LogP) is -2.70. The number of carbonyl (C=O) groups excluding carboxylic acids is 1. The zero-order chi connectivity index (χ0) is 10.7. The number of primary amides is 2. The molecule has 11 heteroatoms. The molecule has 0 atom stereocenters. The molecule has 0 aliphatic rings. The van der Waals surface area contributed by atoms with Crippen molar-refractivity contribution in [1.82, 2.24) is 0 Å². The summed E-state index contributed by atoms with van der Waals surface area (Å²) in [5.41, 5.74) is 8.50. The van der Waals surface area contributed by atoms with Crippen molar-refractivity contribution in [2.24, 2.45) is 23.2 Å². The van der Waals surface area contributed by atoms with Crippen LogP contribution in [-0.4, -0.2) is 16.1 Å². The number of hydrazine groups is 2. The molecule has 8 N–H and O–H groups in total. The molecule has 0 unspecified atom stereocenters. The molecule has 0 heterocycles. The zero-order valence-corrected chi connectivity index (χ0v) is 5.75. The van der Waals surface area contributed by atoms with Crippen molar-refractivity contribution in [2.75, 3.05) is 0 Å². The number of nitrogens with zero attached hydrogens (tertiary/aromatic N) is 2. The summed E-state index contributed by atoms with van der Waals surface area (Å²) in [4.78, 5) is 26.2. The van der Waals surface area contributed by atoms with E-state index < -0.39 is 16.1 Å². The molecule has 11 nitrogen and oxygen atoms in total. The van der Waals surface area contributed by atoms with Crippen LogP contribution < -0.4 is 23.2 Å². The third kappa shape index (κ3) is 62.9. The Balaban J connectivity index is -0.000000101. The molecule has 0 aromatic rings. The van der Waals surface area contributed by atoms with Gasteiger partial charge < -0.3 is 11.5 Å². The number of hydrogen-bond donors (Lipinski definition) is 4. The maximum atomic E-state index is 9.00. The number of carbonyl (C=O) groups is 1. The van der Waals surface area contributed by atoms with Crippen molar-refractivity contribution < 1.29 is 14.9 Å². The average Bonchev–Trinajstić information content (AvgIpc) is 1.54. The lowest BCUT2D eigenvalue weighted by atomic mass is 11.2. The summed E-state index contributed by atoms with van der Waals surface area (Å²) in [5, 5.41) is 15.2. The highest BCUT2D eigenvalue weighted by Crippen LogP contribution is 1.29. The first-order chi connectivity index (χ1) is 5.20. The van der Waals surface area contributed by atoms with Crippen LogP contribution in [0.4, 0.5) is 4.79 Å². The van der Waals surface area contributed by atoms with Crippen molar-refractivity contribution >= 4 is 6.03 Å². The fraction of sp³-hybridized carbons (Fsp3) is 0. The third-order valence-electron chi connectivity index (χ3n) is 0. The van der Waals surface area contributed by atoms with E-state index in [9.17, 15) is 0 Å². The summed E-state index contributed by atoms with van der Waals surface area (Å²) in [6.45, 7) is 0. The van der Waals surface area contributed by atoms with Gasteiger partial charge in [0.2, 0.25) is 0 Å². The smallest absolute Gasteiger partial charge is 0.309 e. The molecule has 0 aliphatic heterocycles. The van der Waals surface area contributed by atoms with Crippen LogP contribution in [0.25, 0.3) is 0 Å². The van der Waals surface area contributed by atoms with Gasteiger partial charge in [0, 0.05) is 0 Å². The van der Waals surface area contributed by atoms with E-state index in [4.69, 9.17) is 25.0 Å². The second-order valence-corrected chi connectivity index (χ2v) is 0.973. The molecule has 12 heavy (non-hydrogen) atoms. The van der Waals surface area contributed by atoms with E-state index in [1.165, 1.54) is 0 Å². The lowest BCUT2D eigenvalue weighted by Gasteiger charge is -1.62. The second-order valence-electron chi connectivity index (χ2n) is 0.973. The highest BCUT2D eigenvalue weighted by atomic mass is 16.7. The molecule has 0 saturated carbocycles. The summed E-state index contributed by atoms with van der Waals surface area (Å²) in [6, 6.07) is -0.833. The molecular weight excluding hydrogens is 176 g/mol. The molecule has 0 rings (SSSR count). The van der Waals surface area contributed by atoms with Crippen molar-refractivity contribution in [3.63, 3.8) is 0 Å². The van der Waals surface area contributed by atoms with Gasteiger partial charge in [-0.15, -0.1) is 0 Å². The van der Waals surface area contributed by atoms with Crippen molar-refractivity contribution in [1.29, 1.82) is 0 Å². The van der Waals surface area contributed by atoms with Crippen LogP contribution in [0.5, 0.6) is 0 Å². The summed E-state index contributed by atoms with van der Waals surface area (Å²) < 4.78 is 0. The van der Waals surface area contributed by atoms with Gasteiger partial charge in [-0.25, -0.2) is 25.0 Å². The molecule has 0 spiro atoms. The van der Waals surface area contributed by atoms with E-state index in [1.54, 1.807) is 0 Å². The molecule has 2 amide bonds. The van der Waals surface area contributed by atoms with Crippen LogP contribution >= 0.6 is 0 Å². The Kier molecular flexibility index (Phi) is 15.6. The Labute approximate surface area is 65.5 Å². The quantitative estimate of drug-likeness (QED) is 0.177. The van der Waals surface area contributed by atoms with Crippen LogP contribution in [0.15, 0.2) is 0 Å². The number of rotatable bonds is 0. The van der Waals surface area contributed by atoms with Crippen LogP contribution in [0.3, 0.4) is 0 Å². The van der Waals surface area contributed by atoms with Crippen LogP contribution in [0.2, 0.25) is 0 Å². The number of amides is 2. The van der Waals surface area contributed by atoms with Gasteiger partial charge in [-0.05, 0) is 0 Å². The van der Waals surface area contributed by atoms with Gasteiger partial charge in [0.1, 0.15) is 0 Å². The molecule has 0 aromatic carbocycles.